The van der Waals surface area contributed by atoms with Gasteiger partial charge in [-0.25, -0.2) is 14.2 Å². The van der Waals surface area contributed by atoms with Crippen LogP contribution in [0.2, 0.25) is 0 Å². The molecule has 208 valence electrons. The number of para-hydroxylation sites is 2. The van der Waals surface area contributed by atoms with Gasteiger partial charge in [0, 0.05) is 17.5 Å². The minimum Gasteiger partial charge on any atom is -0.459 e. The number of phosphoric ester groups is 1. The summed E-state index contributed by atoms with van der Waals surface area (Å²) in [7, 11) is -5.21. The maximum Gasteiger partial charge on any atom is 0.470 e. The molecular weight excluding hydrogens is 531 g/mol. The van der Waals surface area contributed by atoms with Crippen molar-refractivity contribution in [3.05, 3.63) is 78.0 Å². The molecule has 0 saturated carbocycles. The van der Waals surface area contributed by atoms with Crippen LogP contribution in [0.25, 0.3) is 10.9 Å². The molecule has 2 aromatic carbocycles. The van der Waals surface area contributed by atoms with E-state index in [0.717, 1.165) is 5.39 Å². The van der Waals surface area contributed by atoms with E-state index in [-0.39, 0.29) is 16.8 Å². The van der Waals surface area contributed by atoms with E-state index in [1.807, 2.05) is 12.1 Å². The van der Waals surface area contributed by atoms with Crippen molar-refractivity contribution in [2.45, 2.75) is 44.5 Å². The summed E-state index contributed by atoms with van der Waals surface area (Å²) in [5, 5.41) is 11.9. The van der Waals surface area contributed by atoms with Crippen molar-refractivity contribution in [2.75, 3.05) is 12.3 Å². The molecule has 1 aliphatic heterocycles. The zero-order chi connectivity index (χ0) is 28.3. The van der Waals surface area contributed by atoms with Gasteiger partial charge in [-0.1, -0.05) is 36.4 Å². The van der Waals surface area contributed by atoms with Gasteiger partial charge in [-0.3, -0.25) is 4.52 Å². The number of hydrogen-bond acceptors (Lipinski definition) is 9. The molecular formula is C26H29N2O10P. The number of allylic oxidation sites excluding steroid dienone is 1. The average molecular weight is 560 g/mol. The highest BCUT2D eigenvalue weighted by Gasteiger charge is 2.52. The molecule has 5 atom stereocenters. The van der Waals surface area contributed by atoms with Crippen molar-refractivity contribution < 1.29 is 47.8 Å². The number of benzene rings is 2. The van der Waals surface area contributed by atoms with Gasteiger partial charge in [0.2, 0.25) is 0 Å². The Morgan fingerprint density at radius 2 is 1.79 bits per heavy atom. The van der Waals surface area contributed by atoms with Gasteiger partial charge in [0.1, 0.15) is 24.9 Å². The number of aromatic nitrogens is 1. The first kappa shape index (κ1) is 28.5. The van der Waals surface area contributed by atoms with Crippen molar-refractivity contribution in [2.24, 2.45) is 0 Å². The molecule has 0 aliphatic carbocycles. The van der Waals surface area contributed by atoms with Gasteiger partial charge in [-0.2, -0.15) is 0 Å². The normalized spacial score (nSPS) is 23.9. The largest absolute Gasteiger partial charge is 0.470 e. The summed E-state index contributed by atoms with van der Waals surface area (Å²) < 4.78 is 35.6. The lowest BCUT2D eigenvalue weighted by Gasteiger charge is -2.44. The molecule has 0 unspecified atom stereocenters. The predicted molar refractivity (Wildman–Crippen MR) is 139 cm³/mol. The fraction of sp³-hybridized carbons (Fsp3) is 0.308. The Morgan fingerprint density at radius 3 is 2.49 bits per heavy atom. The number of aliphatic hydroxyl groups excluding tert-OH is 1. The molecule has 5 N–H and O–H groups in total. The molecule has 39 heavy (non-hydrogen) atoms. The summed E-state index contributed by atoms with van der Waals surface area (Å²) in [6, 6.07) is 15.2. The van der Waals surface area contributed by atoms with Crippen molar-refractivity contribution >= 4 is 36.4 Å². The second kappa shape index (κ2) is 11.7. The summed E-state index contributed by atoms with van der Waals surface area (Å²) in [5.74, 6) is -1.60. The Bertz CT molecular complexity index is 1430. The second-order valence-electron chi connectivity index (χ2n) is 8.93. The van der Waals surface area contributed by atoms with Crippen LogP contribution in [0.1, 0.15) is 30.4 Å². The number of carbonyl (C=O) groups is 2. The number of nitrogens with zero attached hydrogens (tertiary/aromatic N) is 1. The van der Waals surface area contributed by atoms with Gasteiger partial charge in [0.05, 0.1) is 11.1 Å². The van der Waals surface area contributed by atoms with E-state index >= 15 is 0 Å². The summed E-state index contributed by atoms with van der Waals surface area (Å²) in [4.78, 5) is 44.7. The molecule has 1 aliphatic rings. The third kappa shape index (κ3) is 6.39. The number of anilines is 1. The lowest BCUT2D eigenvalue weighted by molar-refractivity contribution is -0.253. The van der Waals surface area contributed by atoms with Crippen LogP contribution in [-0.4, -0.2) is 62.4 Å². The molecule has 0 amide bonds. The number of hydrogen-bond donors (Lipinski definition) is 4. The number of fused-ring (bicyclic) bond motifs is 1. The van der Waals surface area contributed by atoms with E-state index in [1.54, 1.807) is 48.0 Å². The number of aliphatic hydroxyl groups is 1. The number of nitrogens with two attached hydrogens (primary N) is 1. The summed E-state index contributed by atoms with van der Waals surface area (Å²) in [6.07, 6.45) is -4.48. The number of carbonyl (C=O) groups excluding carboxylic acids is 2. The van der Waals surface area contributed by atoms with E-state index < -0.39 is 57.0 Å². The van der Waals surface area contributed by atoms with E-state index in [1.165, 1.54) is 25.1 Å². The molecule has 2 heterocycles. The molecule has 0 radical (unpaired) electrons. The zero-order valence-electron chi connectivity index (χ0n) is 21.1. The van der Waals surface area contributed by atoms with E-state index in [9.17, 15) is 29.0 Å². The highest BCUT2D eigenvalue weighted by molar-refractivity contribution is 7.46. The highest BCUT2D eigenvalue weighted by atomic mass is 31.2. The van der Waals surface area contributed by atoms with Gasteiger partial charge in [0.15, 0.2) is 12.3 Å². The van der Waals surface area contributed by atoms with Crippen LogP contribution >= 0.6 is 7.82 Å². The number of ether oxygens (including phenoxy) is 3. The first-order chi connectivity index (χ1) is 18.5. The number of rotatable bonds is 8. The maximum atomic E-state index is 12.8. The standard InChI is InChI=1S/C26H29N2O10P/c1-3-15(2)25(30)37-23-22(38-39(32,33)34)21(29)20(14-35-26(31)17-9-5-6-10-18(17)27)36-24(23)28-13-12-16-8-4-7-11-19(16)28/h3-13,20-24,29H,14,27H2,1-2H3,(H2,32,33,34)/b15-3+/t20-,21-,22+,23-,24-/m1/s1. The van der Waals surface area contributed by atoms with Crippen molar-refractivity contribution in [3.8, 4) is 0 Å². The third-order valence-corrected chi connectivity index (χ3v) is 6.87. The summed E-state index contributed by atoms with van der Waals surface area (Å²) in [6.45, 7) is 2.59. The molecule has 13 heteroatoms. The van der Waals surface area contributed by atoms with E-state index in [2.05, 4.69) is 0 Å². The van der Waals surface area contributed by atoms with Crippen LogP contribution in [0.15, 0.2) is 72.4 Å². The molecule has 1 saturated heterocycles. The third-order valence-electron chi connectivity index (χ3n) is 6.36. The Morgan fingerprint density at radius 1 is 1.10 bits per heavy atom. The SMILES string of the molecule is C/C=C(\C)C(=O)O[C@@H]1[C@@H](OP(=O)(O)O)[C@H](O)[C@@H](COC(=O)c2ccccc2N)O[C@H]1n1ccc2ccccc21. The van der Waals surface area contributed by atoms with Crippen LogP contribution in [-0.2, 0) is 28.1 Å². The molecule has 12 nitrogen and oxygen atoms in total. The summed E-state index contributed by atoms with van der Waals surface area (Å²) >= 11 is 0. The lowest BCUT2D eigenvalue weighted by Crippen LogP contribution is -2.58. The lowest BCUT2D eigenvalue weighted by atomic mass is 9.97. The Kier molecular flexibility index (Phi) is 8.55. The number of nitrogen functional groups attached to an aromatic ring is 1. The smallest absolute Gasteiger partial charge is 0.459 e. The summed E-state index contributed by atoms with van der Waals surface area (Å²) in [5.41, 5.74) is 6.97. The average Bonchev–Trinajstić information content (AvgIpc) is 3.33. The first-order valence-electron chi connectivity index (χ1n) is 12.0. The zero-order valence-corrected chi connectivity index (χ0v) is 22.0. The van der Waals surface area contributed by atoms with Gasteiger partial charge < -0.3 is 39.4 Å². The molecule has 1 aromatic heterocycles. The Hall–Kier alpha value is -3.51. The maximum absolute atomic E-state index is 12.8. The monoisotopic (exact) mass is 560 g/mol. The second-order valence-corrected chi connectivity index (χ2v) is 10.1. The Labute approximate surface area is 223 Å². The number of phosphoric acid groups is 1. The van der Waals surface area contributed by atoms with E-state index in [0.29, 0.717) is 5.52 Å². The number of esters is 2. The van der Waals surface area contributed by atoms with Crippen LogP contribution in [0, 0.1) is 0 Å². The topological polar surface area (TPSA) is 180 Å². The van der Waals surface area contributed by atoms with Gasteiger partial charge in [-0.05, 0) is 43.5 Å². The van der Waals surface area contributed by atoms with E-state index in [4.69, 9.17) is 24.5 Å². The van der Waals surface area contributed by atoms with Crippen LogP contribution in [0.4, 0.5) is 5.69 Å². The molecule has 4 rings (SSSR count). The molecule has 1 fully saturated rings. The van der Waals surface area contributed by atoms with Gasteiger partial charge >= 0.3 is 19.8 Å². The predicted octanol–water partition coefficient (Wildman–Crippen LogP) is 2.69. The van der Waals surface area contributed by atoms with Crippen LogP contribution < -0.4 is 5.73 Å². The van der Waals surface area contributed by atoms with Gasteiger partial charge in [-0.15, -0.1) is 0 Å². The quantitative estimate of drug-likeness (QED) is 0.138. The first-order valence-corrected chi connectivity index (χ1v) is 13.5. The minimum atomic E-state index is -5.21. The molecule has 0 bridgehead atoms. The van der Waals surface area contributed by atoms with Crippen molar-refractivity contribution in [1.29, 1.82) is 0 Å². The van der Waals surface area contributed by atoms with Crippen LogP contribution in [0.5, 0.6) is 0 Å². The molecule has 3 aromatic rings. The van der Waals surface area contributed by atoms with Gasteiger partial charge in [0.25, 0.3) is 0 Å². The van der Waals surface area contributed by atoms with Crippen molar-refractivity contribution in [3.63, 3.8) is 0 Å². The Balaban J connectivity index is 1.72. The fourth-order valence-corrected chi connectivity index (χ4v) is 4.81. The fourth-order valence-electron chi connectivity index (χ4n) is 4.25. The highest BCUT2D eigenvalue weighted by Crippen LogP contribution is 2.44. The van der Waals surface area contributed by atoms with Crippen molar-refractivity contribution in [1.82, 2.24) is 4.57 Å². The molecule has 0 spiro atoms. The van der Waals surface area contributed by atoms with Crippen LogP contribution in [0.3, 0.4) is 0 Å². The minimum absolute atomic E-state index is 0.0902.